The molecule has 0 atom stereocenters. The van der Waals surface area contributed by atoms with Crippen LogP contribution in [0.15, 0.2) is 0 Å². The zero-order chi connectivity index (χ0) is 14.2. The third-order valence-electron chi connectivity index (χ3n) is 3.28. The van der Waals surface area contributed by atoms with Crippen LogP contribution in [0.4, 0.5) is 0 Å². The van der Waals surface area contributed by atoms with Crippen LogP contribution in [0.3, 0.4) is 0 Å². The van der Waals surface area contributed by atoms with Crippen LogP contribution < -0.4 is 5.73 Å². The average molecular weight is 257 g/mol. The summed E-state index contributed by atoms with van der Waals surface area (Å²) in [7, 11) is 3.62. The molecular weight excluding hydrogens is 226 g/mol. The highest BCUT2D eigenvalue weighted by Gasteiger charge is 2.16. The van der Waals surface area contributed by atoms with E-state index in [0.29, 0.717) is 6.54 Å². The topological polar surface area (TPSA) is 49.6 Å². The second-order valence-corrected chi connectivity index (χ2v) is 6.04. The first-order chi connectivity index (χ1) is 8.32. The molecule has 0 saturated heterocycles. The molecule has 0 aliphatic heterocycles. The minimum Gasteiger partial charge on any atom is -0.348 e. The van der Waals surface area contributed by atoms with Crippen LogP contribution in [-0.4, -0.2) is 56.0 Å². The van der Waals surface area contributed by atoms with Crippen LogP contribution in [0.1, 0.15) is 40.0 Å². The quantitative estimate of drug-likeness (QED) is 0.682. The van der Waals surface area contributed by atoms with Gasteiger partial charge in [0, 0.05) is 14.1 Å². The minimum absolute atomic E-state index is 0.182. The number of amides is 1. The van der Waals surface area contributed by atoms with E-state index < -0.39 is 0 Å². The van der Waals surface area contributed by atoms with Crippen molar-refractivity contribution < 1.29 is 4.79 Å². The van der Waals surface area contributed by atoms with Crippen LogP contribution in [0, 0.1) is 5.41 Å². The molecule has 0 fully saturated rings. The van der Waals surface area contributed by atoms with Crippen LogP contribution in [0.2, 0.25) is 0 Å². The monoisotopic (exact) mass is 257 g/mol. The number of carbonyl (C=O) groups is 1. The lowest BCUT2D eigenvalue weighted by Gasteiger charge is -2.26. The van der Waals surface area contributed by atoms with Gasteiger partial charge in [-0.25, -0.2) is 0 Å². The van der Waals surface area contributed by atoms with Crippen molar-refractivity contribution >= 4 is 5.91 Å². The van der Waals surface area contributed by atoms with Gasteiger partial charge in [0.25, 0.3) is 0 Å². The molecule has 0 aromatic heterocycles. The molecule has 18 heavy (non-hydrogen) atoms. The Kier molecular flexibility index (Phi) is 8.20. The third kappa shape index (κ3) is 7.67. The molecule has 0 aliphatic rings. The second-order valence-electron chi connectivity index (χ2n) is 6.04. The zero-order valence-electron chi connectivity index (χ0n) is 12.8. The normalized spacial score (nSPS) is 11.9. The number of carbonyl (C=O) groups excluding carboxylic acids is 1. The van der Waals surface area contributed by atoms with Crippen molar-refractivity contribution in [3.63, 3.8) is 0 Å². The smallest absolute Gasteiger partial charge is 0.236 e. The number of rotatable bonds is 9. The summed E-state index contributed by atoms with van der Waals surface area (Å²) in [4.78, 5) is 15.6. The molecule has 0 rings (SSSR count). The summed E-state index contributed by atoms with van der Waals surface area (Å²) in [6.07, 6.45) is 3.30. The van der Waals surface area contributed by atoms with Crippen molar-refractivity contribution in [3.05, 3.63) is 0 Å². The van der Waals surface area contributed by atoms with Crippen molar-refractivity contribution in [3.8, 4) is 0 Å². The standard InChI is InChI=1S/C14H31N3O/c1-6-9-17(11-13(18)16(4)5)10-7-8-14(2,3)12-15/h6-12,15H2,1-5H3. The van der Waals surface area contributed by atoms with Crippen molar-refractivity contribution in [1.29, 1.82) is 0 Å². The molecule has 4 nitrogen and oxygen atoms in total. The average Bonchev–Trinajstić information content (AvgIpc) is 2.28. The molecule has 1 amide bonds. The Hall–Kier alpha value is -0.610. The van der Waals surface area contributed by atoms with Crippen LogP contribution in [0.25, 0.3) is 0 Å². The van der Waals surface area contributed by atoms with Gasteiger partial charge in [-0.3, -0.25) is 9.69 Å². The SMILES string of the molecule is CCCN(CCCC(C)(C)CN)CC(=O)N(C)C. The van der Waals surface area contributed by atoms with Gasteiger partial charge in [0.15, 0.2) is 0 Å². The first-order valence-corrected chi connectivity index (χ1v) is 6.95. The molecule has 0 bridgehead atoms. The maximum atomic E-state index is 11.7. The molecule has 2 N–H and O–H groups in total. The summed E-state index contributed by atoms with van der Waals surface area (Å²) in [6.45, 7) is 9.77. The Morgan fingerprint density at radius 3 is 2.28 bits per heavy atom. The van der Waals surface area contributed by atoms with Gasteiger partial charge >= 0.3 is 0 Å². The first kappa shape index (κ1) is 17.4. The van der Waals surface area contributed by atoms with Gasteiger partial charge in [-0.05, 0) is 44.3 Å². The van der Waals surface area contributed by atoms with E-state index in [1.54, 1.807) is 4.90 Å². The minimum atomic E-state index is 0.182. The van der Waals surface area contributed by atoms with E-state index in [1.807, 2.05) is 14.1 Å². The fraction of sp³-hybridized carbons (Fsp3) is 0.929. The molecule has 0 heterocycles. The Morgan fingerprint density at radius 2 is 1.83 bits per heavy atom. The van der Waals surface area contributed by atoms with Gasteiger partial charge in [0.1, 0.15) is 0 Å². The molecule has 0 radical (unpaired) electrons. The van der Waals surface area contributed by atoms with Gasteiger partial charge in [-0.1, -0.05) is 20.8 Å². The fourth-order valence-electron chi connectivity index (χ4n) is 1.80. The van der Waals surface area contributed by atoms with Crippen molar-refractivity contribution in [2.75, 3.05) is 40.3 Å². The lowest BCUT2D eigenvalue weighted by Crippen LogP contribution is -2.38. The van der Waals surface area contributed by atoms with Crippen molar-refractivity contribution in [1.82, 2.24) is 9.80 Å². The summed E-state index contributed by atoms with van der Waals surface area (Å²) in [5.41, 5.74) is 5.94. The van der Waals surface area contributed by atoms with Gasteiger partial charge in [-0.15, -0.1) is 0 Å². The predicted octanol–water partition coefficient (Wildman–Crippen LogP) is 1.55. The fourth-order valence-corrected chi connectivity index (χ4v) is 1.80. The predicted molar refractivity (Wildman–Crippen MR) is 77.5 cm³/mol. The summed E-state index contributed by atoms with van der Waals surface area (Å²) < 4.78 is 0. The highest BCUT2D eigenvalue weighted by Crippen LogP contribution is 2.20. The highest BCUT2D eigenvalue weighted by atomic mass is 16.2. The first-order valence-electron chi connectivity index (χ1n) is 6.95. The lowest BCUT2D eigenvalue weighted by molar-refractivity contribution is -0.129. The van der Waals surface area contributed by atoms with Crippen LogP contribution >= 0.6 is 0 Å². The molecule has 0 aromatic rings. The summed E-state index contributed by atoms with van der Waals surface area (Å²) >= 11 is 0. The Morgan fingerprint density at radius 1 is 1.22 bits per heavy atom. The van der Waals surface area contributed by atoms with Gasteiger partial charge < -0.3 is 10.6 Å². The molecule has 108 valence electrons. The Labute approximate surface area is 113 Å². The number of nitrogens with zero attached hydrogens (tertiary/aromatic N) is 2. The van der Waals surface area contributed by atoms with E-state index in [1.165, 1.54) is 0 Å². The highest BCUT2D eigenvalue weighted by molar-refractivity contribution is 5.77. The van der Waals surface area contributed by atoms with E-state index in [-0.39, 0.29) is 11.3 Å². The maximum Gasteiger partial charge on any atom is 0.236 e. The van der Waals surface area contributed by atoms with E-state index in [2.05, 4.69) is 25.7 Å². The van der Waals surface area contributed by atoms with E-state index in [9.17, 15) is 4.79 Å². The summed E-state index contributed by atoms with van der Waals surface area (Å²) in [6, 6.07) is 0. The molecule has 0 saturated carbocycles. The molecule has 0 aliphatic carbocycles. The zero-order valence-corrected chi connectivity index (χ0v) is 12.8. The lowest BCUT2D eigenvalue weighted by atomic mass is 9.88. The van der Waals surface area contributed by atoms with E-state index in [4.69, 9.17) is 5.73 Å². The molecule has 0 unspecified atom stereocenters. The van der Waals surface area contributed by atoms with Crippen molar-refractivity contribution in [2.24, 2.45) is 11.1 Å². The van der Waals surface area contributed by atoms with E-state index >= 15 is 0 Å². The van der Waals surface area contributed by atoms with Gasteiger partial charge in [0.05, 0.1) is 6.54 Å². The molecule has 4 heteroatoms. The Balaban J connectivity index is 4.08. The second kappa shape index (κ2) is 8.48. The number of hydrogen-bond acceptors (Lipinski definition) is 3. The van der Waals surface area contributed by atoms with Crippen LogP contribution in [0.5, 0.6) is 0 Å². The largest absolute Gasteiger partial charge is 0.348 e. The number of hydrogen-bond donors (Lipinski definition) is 1. The number of likely N-dealkylation sites (N-methyl/N-ethyl adjacent to an activating group) is 1. The molecule has 0 spiro atoms. The van der Waals surface area contributed by atoms with Crippen LogP contribution in [-0.2, 0) is 4.79 Å². The maximum absolute atomic E-state index is 11.7. The van der Waals surface area contributed by atoms with Gasteiger partial charge in [0.2, 0.25) is 5.91 Å². The summed E-state index contributed by atoms with van der Waals surface area (Å²) in [5.74, 6) is 0.182. The van der Waals surface area contributed by atoms with Crippen molar-refractivity contribution in [2.45, 2.75) is 40.0 Å². The third-order valence-corrected chi connectivity index (χ3v) is 3.28. The number of nitrogens with two attached hydrogens (primary N) is 1. The summed E-state index contributed by atoms with van der Waals surface area (Å²) in [5, 5.41) is 0. The van der Waals surface area contributed by atoms with Gasteiger partial charge in [-0.2, -0.15) is 0 Å². The Bertz CT molecular complexity index is 239. The molecular formula is C14H31N3O. The van der Waals surface area contributed by atoms with E-state index in [0.717, 1.165) is 38.9 Å². The molecule has 0 aromatic carbocycles.